The molecule has 6 heteroatoms. The molecular formula is C15H19FN4O. The number of anilines is 1. The number of carbonyl (C=O) groups is 1. The molecule has 112 valence electrons. The molecule has 2 aromatic rings. The summed E-state index contributed by atoms with van der Waals surface area (Å²) in [5.41, 5.74) is 0.556. The van der Waals surface area contributed by atoms with Gasteiger partial charge in [0.1, 0.15) is 5.82 Å². The standard InChI is InChI=1S/C15H19FN4O/c1-17-14-12(5-4-6-13(14)16)15(21)19-7-2-3-9-20-10-8-18-11-20/h4-6,8,10-11,17H,2-3,7,9H2,1H3,(H,19,21). The molecule has 2 N–H and O–H groups in total. The van der Waals surface area contributed by atoms with Crippen molar-refractivity contribution in [3.8, 4) is 0 Å². The summed E-state index contributed by atoms with van der Waals surface area (Å²) < 4.78 is 15.6. The van der Waals surface area contributed by atoms with E-state index in [9.17, 15) is 9.18 Å². The summed E-state index contributed by atoms with van der Waals surface area (Å²) in [4.78, 5) is 16.0. The highest BCUT2D eigenvalue weighted by Crippen LogP contribution is 2.18. The highest BCUT2D eigenvalue weighted by Gasteiger charge is 2.13. The summed E-state index contributed by atoms with van der Waals surface area (Å²) in [5.74, 6) is -0.688. The Morgan fingerprint density at radius 2 is 2.24 bits per heavy atom. The van der Waals surface area contributed by atoms with Crippen LogP contribution in [-0.4, -0.2) is 29.1 Å². The highest BCUT2D eigenvalue weighted by molar-refractivity contribution is 5.99. The average molecular weight is 290 g/mol. The Kier molecular flexibility index (Phi) is 5.31. The smallest absolute Gasteiger partial charge is 0.253 e. The molecule has 0 aliphatic heterocycles. The Hall–Kier alpha value is -2.37. The molecule has 0 bridgehead atoms. The average Bonchev–Trinajstić information content (AvgIpc) is 2.99. The number of amides is 1. The monoisotopic (exact) mass is 290 g/mol. The lowest BCUT2D eigenvalue weighted by atomic mass is 10.1. The largest absolute Gasteiger partial charge is 0.385 e. The van der Waals surface area contributed by atoms with Gasteiger partial charge in [-0.2, -0.15) is 0 Å². The zero-order valence-electron chi connectivity index (χ0n) is 12.0. The summed E-state index contributed by atoms with van der Waals surface area (Å²) in [6.07, 6.45) is 7.22. The predicted octanol–water partition coefficient (Wildman–Crippen LogP) is 2.27. The number of imidazole rings is 1. The first-order chi connectivity index (χ1) is 10.2. The number of benzene rings is 1. The molecule has 0 spiro atoms. The van der Waals surface area contributed by atoms with Crippen LogP contribution in [0.25, 0.3) is 0 Å². The maximum atomic E-state index is 13.6. The molecule has 0 aliphatic rings. The van der Waals surface area contributed by atoms with Crippen molar-refractivity contribution in [2.24, 2.45) is 0 Å². The second-order valence-electron chi connectivity index (χ2n) is 4.68. The van der Waals surface area contributed by atoms with E-state index in [-0.39, 0.29) is 11.6 Å². The Bertz CT molecular complexity index is 583. The van der Waals surface area contributed by atoms with E-state index >= 15 is 0 Å². The lowest BCUT2D eigenvalue weighted by molar-refractivity contribution is 0.0953. The van der Waals surface area contributed by atoms with Gasteiger partial charge in [-0.05, 0) is 25.0 Å². The summed E-state index contributed by atoms with van der Waals surface area (Å²) in [5, 5.41) is 5.53. The number of nitrogens with zero attached hydrogens (tertiary/aromatic N) is 2. The van der Waals surface area contributed by atoms with E-state index < -0.39 is 5.82 Å². The van der Waals surface area contributed by atoms with Crippen molar-refractivity contribution >= 4 is 11.6 Å². The van der Waals surface area contributed by atoms with E-state index in [0.29, 0.717) is 12.1 Å². The van der Waals surface area contributed by atoms with Crippen molar-refractivity contribution in [3.63, 3.8) is 0 Å². The number of rotatable bonds is 7. The van der Waals surface area contributed by atoms with Gasteiger partial charge in [0, 0.05) is 32.5 Å². The van der Waals surface area contributed by atoms with Gasteiger partial charge in [-0.1, -0.05) is 6.07 Å². The molecule has 2 rings (SSSR count). The summed E-state index contributed by atoms with van der Waals surface area (Å²) in [6.45, 7) is 1.44. The Morgan fingerprint density at radius 1 is 1.38 bits per heavy atom. The van der Waals surface area contributed by atoms with Crippen LogP contribution in [0, 0.1) is 5.82 Å². The minimum atomic E-state index is -0.426. The quantitative estimate of drug-likeness (QED) is 0.769. The first-order valence-corrected chi connectivity index (χ1v) is 6.92. The number of hydrogen-bond acceptors (Lipinski definition) is 3. The molecule has 5 nitrogen and oxygen atoms in total. The van der Waals surface area contributed by atoms with Crippen LogP contribution in [0.3, 0.4) is 0 Å². The predicted molar refractivity (Wildman–Crippen MR) is 79.7 cm³/mol. The molecule has 0 saturated carbocycles. The van der Waals surface area contributed by atoms with Gasteiger partial charge in [-0.25, -0.2) is 9.37 Å². The fourth-order valence-corrected chi connectivity index (χ4v) is 2.10. The van der Waals surface area contributed by atoms with Gasteiger partial charge in [-0.15, -0.1) is 0 Å². The fourth-order valence-electron chi connectivity index (χ4n) is 2.10. The molecule has 1 aromatic heterocycles. The van der Waals surface area contributed by atoms with Gasteiger partial charge in [0.2, 0.25) is 0 Å². The van der Waals surface area contributed by atoms with Gasteiger partial charge in [0.05, 0.1) is 17.6 Å². The van der Waals surface area contributed by atoms with Crippen molar-refractivity contribution in [2.45, 2.75) is 19.4 Å². The second-order valence-corrected chi connectivity index (χ2v) is 4.68. The van der Waals surface area contributed by atoms with Crippen LogP contribution in [0.5, 0.6) is 0 Å². The van der Waals surface area contributed by atoms with Crippen LogP contribution < -0.4 is 10.6 Å². The molecule has 0 fully saturated rings. The third-order valence-corrected chi connectivity index (χ3v) is 3.20. The lowest BCUT2D eigenvalue weighted by Gasteiger charge is -2.10. The molecular weight excluding hydrogens is 271 g/mol. The van der Waals surface area contributed by atoms with Crippen LogP contribution in [-0.2, 0) is 6.54 Å². The van der Waals surface area contributed by atoms with E-state index in [1.54, 1.807) is 25.6 Å². The molecule has 1 heterocycles. The van der Waals surface area contributed by atoms with E-state index in [0.717, 1.165) is 19.4 Å². The third kappa shape index (κ3) is 4.05. The topological polar surface area (TPSA) is 59.0 Å². The zero-order valence-corrected chi connectivity index (χ0v) is 12.0. The third-order valence-electron chi connectivity index (χ3n) is 3.20. The molecule has 0 atom stereocenters. The summed E-state index contributed by atoms with van der Waals surface area (Å²) in [6, 6.07) is 4.47. The van der Waals surface area contributed by atoms with Crippen molar-refractivity contribution in [3.05, 3.63) is 48.3 Å². The minimum absolute atomic E-state index is 0.230. The first kappa shape index (κ1) is 15.0. The Labute approximate surface area is 123 Å². The second kappa shape index (κ2) is 7.42. The Morgan fingerprint density at radius 3 is 2.95 bits per heavy atom. The number of aromatic nitrogens is 2. The number of unbranched alkanes of at least 4 members (excludes halogenated alkanes) is 1. The lowest BCUT2D eigenvalue weighted by Crippen LogP contribution is -2.25. The van der Waals surface area contributed by atoms with E-state index in [2.05, 4.69) is 15.6 Å². The minimum Gasteiger partial charge on any atom is -0.385 e. The van der Waals surface area contributed by atoms with Gasteiger partial charge in [0.15, 0.2) is 0 Å². The fraction of sp³-hybridized carbons (Fsp3) is 0.333. The number of aryl methyl sites for hydroxylation is 1. The van der Waals surface area contributed by atoms with Crippen LogP contribution in [0.1, 0.15) is 23.2 Å². The number of hydrogen-bond donors (Lipinski definition) is 2. The van der Waals surface area contributed by atoms with Crippen molar-refractivity contribution in [1.82, 2.24) is 14.9 Å². The molecule has 1 amide bonds. The first-order valence-electron chi connectivity index (χ1n) is 6.92. The van der Waals surface area contributed by atoms with Crippen LogP contribution >= 0.6 is 0 Å². The van der Waals surface area contributed by atoms with E-state index in [1.807, 2.05) is 10.8 Å². The molecule has 0 saturated heterocycles. The van der Waals surface area contributed by atoms with Gasteiger partial charge < -0.3 is 15.2 Å². The van der Waals surface area contributed by atoms with E-state index in [1.165, 1.54) is 12.1 Å². The maximum Gasteiger partial charge on any atom is 0.253 e. The number of nitrogens with one attached hydrogen (secondary N) is 2. The van der Waals surface area contributed by atoms with Crippen LogP contribution in [0.2, 0.25) is 0 Å². The number of carbonyl (C=O) groups excluding carboxylic acids is 1. The molecule has 0 aliphatic carbocycles. The molecule has 1 aromatic carbocycles. The summed E-state index contributed by atoms with van der Waals surface area (Å²) >= 11 is 0. The highest BCUT2D eigenvalue weighted by atomic mass is 19.1. The van der Waals surface area contributed by atoms with Crippen molar-refractivity contribution in [1.29, 1.82) is 0 Å². The van der Waals surface area contributed by atoms with Gasteiger partial charge >= 0.3 is 0 Å². The zero-order chi connectivity index (χ0) is 15.1. The van der Waals surface area contributed by atoms with Crippen LogP contribution in [0.15, 0.2) is 36.9 Å². The summed E-state index contributed by atoms with van der Waals surface area (Å²) in [7, 11) is 1.60. The SMILES string of the molecule is CNc1c(F)cccc1C(=O)NCCCCn1ccnc1. The molecule has 0 unspecified atom stereocenters. The van der Waals surface area contributed by atoms with Crippen molar-refractivity contribution in [2.75, 3.05) is 18.9 Å². The van der Waals surface area contributed by atoms with Gasteiger partial charge in [0.25, 0.3) is 5.91 Å². The van der Waals surface area contributed by atoms with E-state index in [4.69, 9.17) is 0 Å². The van der Waals surface area contributed by atoms with Crippen molar-refractivity contribution < 1.29 is 9.18 Å². The number of halogens is 1. The maximum absolute atomic E-state index is 13.6. The van der Waals surface area contributed by atoms with Crippen LogP contribution in [0.4, 0.5) is 10.1 Å². The normalized spacial score (nSPS) is 10.4. The molecule has 21 heavy (non-hydrogen) atoms. The van der Waals surface area contributed by atoms with Gasteiger partial charge in [-0.3, -0.25) is 4.79 Å². The number of para-hydroxylation sites is 1. The Balaban J connectivity index is 1.78. The molecule has 0 radical (unpaired) electrons.